The zero-order chi connectivity index (χ0) is 22.5. The Kier molecular flexibility index (Phi) is 7.48. The molecule has 7 nitrogen and oxygen atoms in total. The van der Waals surface area contributed by atoms with Gasteiger partial charge in [-0.15, -0.1) is 0 Å². The van der Waals surface area contributed by atoms with Crippen molar-refractivity contribution in [3.8, 4) is 11.5 Å². The summed E-state index contributed by atoms with van der Waals surface area (Å²) in [5, 5.41) is 12.8. The number of thioether (sulfide) groups is 1. The molecule has 1 aliphatic heterocycles. The maximum absolute atomic E-state index is 12.4. The third-order valence-corrected chi connectivity index (χ3v) is 5.74. The van der Waals surface area contributed by atoms with E-state index in [1.807, 2.05) is 0 Å². The second-order valence-electron chi connectivity index (χ2n) is 6.29. The SMILES string of the molecule is CCOc1cc(/C=C2/SC(=Nc3cccc(Cl)c3Cl)NC2=O)ccc1OC(C)C(=O)O. The Morgan fingerprint density at radius 1 is 1.29 bits per heavy atom. The Labute approximate surface area is 193 Å². The Balaban J connectivity index is 1.84. The van der Waals surface area contributed by atoms with Gasteiger partial charge in [0.1, 0.15) is 0 Å². The molecular weight excluding hydrogens is 463 g/mol. The molecule has 1 saturated heterocycles. The number of aliphatic carboxylic acids is 1. The highest BCUT2D eigenvalue weighted by molar-refractivity contribution is 8.18. The fraction of sp³-hybridized carbons (Fsp3) is 0.190. The largest absolute Gasteiger partial charge is 0.490 e. The Bertz CT molecular complexity index is 1090. The van der Waals surface area contributed by atoms with E-state index < -0.39 is 12.1 Å². The lowest BCUT2D eigenvalue weighted by Gasteiger charge is -2.15. The molecule has 0 radical (unpaired) electrons. The van der Waals surface area contributed by atoms with E-state index in [9.17, 15) is 9.59 Å². The van der Waals surface area contributed by atoms with E-state index >= 15 is 0 Å². The first-order valence-corrected chi connectivity index (χ1v) is 10.8. The summed E-state index contributed by atoms with van der Waals surface area (Å²) < 4.78 is 11.0. The highest BCUT2D eigenvalue weighted by atomic mass is 35.5. The summed E-state index contributed by atoms with van der Waals surface area (Å²) in [6.07, 6.45) is 0.645. The van der Waals surface area contributed by atoms with Crippen molar-refractivity contribution in [2.24, 2.45) is 4.99 Å². The van der Waals surface area contributed by atoms with Gasteiger partial charge in [0.05, 0.1) is 27.2 Å². The lowest BCUT2D eigenvalue weighted by molar-refractivity contribution is -0.144. The minimum Gasteiger partial charge on any atom is -0.490 e. The molecule has 1 unspecified atom stereocenters. The van der Waals surface area contributed by atoms with Crippen molar-refractivity contribution in [2.45, 2.75) is 20.0 Å². The minimum atomic E-state index is -1.08. The molecule has 2 N–H and O–H groups in total. The highest BCUT2D eigenvalue weighted by Crippen LogP contribution is 2.35. The molecule has 1 heterocycles. The molecule has 0 bridgehead atoms. The number of halogens is 2. The maximum atomic E-state index is 12.4. The molecule has 1 amide bonds. The Morgan fingerprint density at radius 2 is 2.06 bits per heavy atom. The Hall–Kier alpha value is -2.68. The van der Waals surface area contributed by atoms with Crippen LogP contribution in [-0.2, 0) is 9.59 Å². The van der Waals surface area contributed by atoms with Crippen molar-refractivity contribution >= 4 is 63.8 Å². The molecule has 162 valence electrons. The number of carbonyl (C=O) groups excluding carboxylic acids is 1. The van der Waals surface area contributed by atoms with Crippen molar-refractivity contribution in [1.82, 2.24) is 5.32 Å². The van der Waals surface area contributed by atoms with Crippen molar-refractivity contribution in [1.29, 1.82) is 0 Å². The lowest BCUT2D eigenvalue weighted by Crippen LogP contribution is -2.23. The lowest BCUT2D eigenvalue weighted by atomic mass is 10.2. The summed E-state index contributed by atoms with van der Waals surface area (Å²) in [5.41, 5.74) is 1.13. The van der Waals surface area contributed by atoms with E-state index in [1.165, 1.54) is 6.92 Å². The van der Waals surface area contributed by atoms with Crippen LogP contribution in [0, 0.1) is 0 Å². The minimum absolute atomic E-state index is 0.302. The van der Waals surface area contributed by atoms with Crippen molar-refractivity contribution in [2.75, 3.05) is 6.61 Å². The van der Waals surface area contributed by atoms with Gasteiger partial charge in [0.2, 0.25) is 0 Å². The number of carbonyl (C=O) groups is 2. The molecule has 0 saturated carbocycles. The van der Waals surface area contributed by atoms with E-state index in [2.05, 4.69) is 10.3 Å². The molecule has 1 atom stereocenters. The number of hydrogen-bond donors (Lipinski definition) is 2. The van der Waals surface area contributed by atoms with Crippen LogP contribution in [0.2, 0.25) is 10.0 Å². The number of carboxylic acid groups (broad SMARTS) is 1. The molecule has 31 heavy (non-hydrogen) atoms. The number of nitrogens with zero attached hydrogens (tertiary/aromatic N) is 1. The first-order chi connectivity index (χ1) is 14.8. The van der Waals surface area contributed by atoms with Gasteiger partial charge in [-0.25, -0.2) is 9.79 Å². The average molecular weight is 481 g/mol. The molecule has 0 aliphatic carbocycles. The topological polar surface area (TPSA) is 97.2 Å². The third kappa shape index (κ3) is 5.72. The molecule has 3 rings (SSSR count). The summed E-state index contributed by atoms with van der Waals surface area (Å²) in [4.78, 5) is 28.2. The number of aliphatic imine (C=N–C) groups is 1. The molecule has 1 aliphatic rings. The Morgan fingerprint density at radius 3 is 2.77 bits per heavy atom. The van der Waals surface area contributed by atoms with Crippen molar-refractivity contribution < 1.29 is 24.2 Å². The van der Waals surface area contributed by atoms with Crippen LogP contribution >= 0.6 is 35.0 Å². The van der Waals surface area contributed by atoms with E-state index in [0.717, 1.165) is 11.8 Å². The molecule has 2 aromatic carbocycles. The fourth-order valence-electron chi connectivity index (χ4n) is 2.54. The summed E-state index contributed by atoms with van der Waals surface area (Å²) >= 11 is 13.3. The van der Waals surface area contributed by atoms with Crippen LogP contribution in [0.5, 0.6) is 11.5 Å². The molecule has 10 heteroatoms. The zero-order valence-electron chi connectivity index (χ0n) is 16.5. The van der Waals surface area contributed by atoms with Gasteiger partial charge < -0.3 is 19.9 Å². The number of rotatable bonds is 7. The summed E-state index contributed by atoms with van der Waals surface area (Å²) in [5.74, 6) is -0.702. The quantitative estimate of drug-likeness (QED) is 0.532. The second-order valence-corrected chi connectivity index (χ2v) is 8.11. The molecule has 0 spiro atoms. The van der Waals surface area contributed by atoms with Crippen LogP contribution in [0.1, 0.15) is 19.4 Å². The predicted octanol–water partition coefficient (Wildman–Crippen LogP) is 5.14. The van der Waals surface area contributed by atoms with Crippen molar-refractivity contribution in [3.63, 3.8) is 0 Å². The van der Waals surface area contributed by atoms with Crippen LogP contribution in [0.3, 0.4) is 0 Å². The van der Waals surface area contributed by atoms with E-state index in [1.54, 1.807) is 49.4 Å². The maximum Gasteiger partial charge on any atom is 0.344 e. The van der Waals surface area contributed by atoms with Crippen LogP contribution in [-0.4, -0.2) is 34.9 Å². The number of amides is 1. The number of nitrogens with one attached hydrogen (secondary N) is 1. The number of carboxylic acids is 1. The summed E-state index contributed by atoms with van der Waals surface area (Å²) in [6.45, 7) is 3.60. The molecule has 2 aromatic rings. The summed E-state index contributed by atoms with van der Waals surface area (Å²) in [7, 11) is 0. The standard InChI is InChI=1S/C21H18Cl2N2O5S/c1-3-29-16-9-12(7-8-15(16)30-11(2)20(27)28)10-17-19(26)25-21(31-17)24-14-6-4-5-13(22)18(14)23/h4-11H,3H2,1-2H3,(H,27,28)(H,24,25,26)/b17-10+. The van der Waals surface area contributed by atoms with E-state index in [4.69, 9.17) is 37.8 Å². The summed E-state index contributed by atoms with van der Waals surface area (Å²) in [6, 6.07) is 10.1. The molecular formula is C21H18Cl2N2O5S. The fourth-order valence-corrected chi connectivity index (χ4v) is 3.71. The molecule has 1 fully saturated rings. The van der Waals surface area contributed by atoms with E-state index in [-0.39, 0.29) is 5.91 Å². The highest BCUT2D eigenvalue weighted by Gasteiger charge is 2.24. The van der Waals surface area contributed by atoms with Crippen LogP contribution in [0.25, 0.3) is 6.08 Å². The van der Waals surface area contributed by atoms with Gasteiger partial charge in [0, 0.05) is 0 Å². The first-order valence-electron chi connectivity index (χ1n) is 9.18. The van der Waals surface area contributed by atoms with Gasteiger partial charge in [-0.05, 0) is 61.5 Å². The van der Waals surface area contributed by atoms with Gasteiger partial charge >= 0.3 is 5.97 Å². The smallest absolute Gasteiger partial charge is 0.344 e. The third-order valence-electron chi connectivity index (χ3n) is 4.02. The van der Waals surface area contributed by atoms with E-state index in [0.29, 0.717) is 49.5 Å². The van der Waals surface area contributed by atoms with Gasteiger partial charge in [0.25, 0.3) is 5.91 Å². The number of amidine groups is 1. The van der Waals surface area contributed by atoms with Crippen molar-refractivity contribution in [3.05, 3.63) is 56.9 Å². The molecule has 0 aromatic heterocycles. The first kappa shape index (κ1) is 23.0. The second kappa shape index (κ2) is 10.1. The number of benzene rings is 2. The van der Waals surface area contributed by atoms with Crippen LogP contribution in [0.4, 0.5) is 5.69 Å². The number of ether oxygens (including phenoxy) is 2. The van der Waals surface area contributed by atoms with Gasteiger partial charge in [0.15, 0.2) is 22.8 Å². The normalized spacial score (nSPS) is 17.0. The van der Waals surface area contributed by atoms with Crippen LogP contribution in [0.15, 0.2) is 46.3 Å². The zero-order valence-corrected chi connectivity index (χ0v) is 18.8. The average Bonchev–Trinajstić information content (AvgIpc) is 3.06. The van der Waals surface area contributed by atoms with Gasteiger partial charge in [-0.3, -0.25) is 4.79 Å². The van der Waals surface area contributed by atoms with Gasteiger partial charge in [-0.2, -0.15) is 0 Å². The van der Waals surface area contributed by atoms with Crippen LogP contribution < -0.4 is 14.8 Å². The monoisotopic (exact) mass is 480 g/mol. The predicted molar refractivity (Wildman–Crippen MR) is 123 cm³/mol. The van der Waals surface area contributed by atoms with Gasteiger partial charge in [-0.1, -0.05) is 35.3 Å². The number of hydrogen-bond acceptors (Lipinski definition) is 6.